The molecule has 0 saturated carbocycles. The van der Waals surface area contributed by atoms with Gasteiger partial charge in [0.25, 0.3) is 0 Å². The molecule has 0 aliphatic carbocycles. The van der Waals surface area contributed by atoms with Gasteiger partial charge in [0.2, 0.25) is 5.91 Å². The van der Waals surface area contributed by atoms with Crippen molar-refractivity contribution in [2.24, 2.45) is 0 Å². The molecule has 15 heavy (non-hydrogen) atoms. The molecule has 1 aliphatic rings. The van der Waals surface area contributed by atoms with Crippen LogP contribution in [0.5, 0.6) is 0 Å². The summed E-state index contributed by atoms with van der Waals surface area (Å²) >= 11 is 7.58. The third-order valence-corrected chi connectivity index (χ3v) is 3.59. The fourth-order valence-corrected chi connectivity index (χ4v) is 2.60. The van der Waals surface area contributed by atoms with Crippen molar-refractivity contribution in [2.75, 3.05) is 18.2 Å². The minimum Gasteiger partial charge on any atom is -0.332 e. The van der Waals surface area contributed by atoms with Crippen LogP contribution in [0.3, 0.4) is 0 Å². The average Bonchev–Trinajstić information content (AvgIpc) is 2.74. The lowest BCUT2D eigenvalue weighted by atomic mass is 10.1. The van der Waals surface area contributed by atoms with Gasteiger partial charge in [-0.05, 0) is 17.7 Å². The number of amides is 1. The topological polar surface area (TPSA) is 20.3 Å². The van der Waals surface area contributed by atoms with E-state index in [9.17, 15) is 4.79 Å². The Hall–Kier alpha value is -0.670. The van der Waals surface area contributed by atoms with Crippen LogP contribution in [0.1, 0.15) is 5.56 Å². The van der Waals surface area contributed by atoms with Gasteiger partial charge in [0.1, 0.15) is 0 Å². The lowest BCUT2D eigenvalue weighted by Gasteiger charge is -2.14. The van der Waals surface area contributed by atoms with Gasteiger partial charge in [-0.25, -0.2) is 0 Å². The summed E-state index contributed by atoms with van der Waals surface area (Å²) in [5.41, 5.74) is 1.03. The van der Waals surface area contributed by atoms with E-state index in [1.165, 1.54) is 0 Å². The van der Waals surface area contributed by atoms with Gasteiger partial charge in [-0.3, -0.25) is 4.79 Å². The van der Waals surface area contributed by atoms with Gasteiger partial charge in [0.05, 0.1) is 12.3 Å². The van der Waals surface area contributed by atoms with E-state index in [2.05, 4.69) is 0 Å². The highest BCUT2D eigenvalue weighted by Crippen LogP contribution is 2.16. The van der Waals surface area contributed by atoms with Crippen LogP contribution in [0.25, 0.3) is 0 Å². The second-order valence-corrected chi connectivity index (χ2v) is 5.01. The first kappa shape index (κ1) is 10.8. The van der Waals surface area contributed by atoms with Crippen LogP contribution < -0.4 is 0 Å². The number of rotatable bonds is 2. The summed E-state index contributed by atoms with van der Waals surface area (Å²) in [6.45, 7) is 0.886. The zero-order valence-corrected chi connectivity index (χ0v) is 9.85. The van der Waals surface area contributed by atoms with Gasteiger partial charge in [0, 0.05) is 17.3 Å². The molecule has 1 saturated heterocycles. The quantitative estimate of drug-likeness (QED) is 0.793. The number of carbonyl (C=O) groups excluding carboxylic acids is 1. The molecule has 0 unspecified atom stereocenters. The smallest absolute Gasteiger partial charge is 0.227 e. The molecule has 2 rings (SSSR count). The van der Waals surface area contributed by atoms with Crippen LogP contribution >= 0.6 is 23.4 Å². The molecule has 1 aliphatic heterocycles. The highest BCUT2D eigenvalue weighted by atomic mass is 35.5. The SMILES string of the molecule is O=C(Cc1ccc(Cl)cc1)N1CCSC1. The molecule has 0 aromatic heterocycles. The zero-order chi connectivity index (χ0) is 10.7. The van der Waals surface area contributed by atoms with Crippen molar-refractivity contribution in [1.29, 1.82) is 0 Å². The minimum atomic E-state index is 0.210. The van der Waals surface area contributed by atoms with Crippen molar-refractivity contribution in [3.63, 3.8) is 0 Å². The van der Waals surface area contributed by atoms with Crippen LogP contribution in [0, 0.1) is 0 Å². The molecular formula is C11H12ClNOS. The Kier molecular flexibility index (Phi) is 3.54. The van der Waals surface area contributed by atoms with Crippen molar-refractivity contribution in [3.05, 3.63) is 34.9 Å². The Bertz CT molecular complexity index is 346. The van der Waals surface area contributed by atoms with Crippen molar-refractivity contribution in [3.8, 4) is 0 Å². The fourth-order valence-electron chi connectivity index (χ4n) is 1.50. The number of halogens is 1. The van der Waals surface area contributed by atoms with Crippen LogP contribution in [0.15, 0.2) is 24.3 Å². The predicted octanol–water partition coefficient (Wildman–Crippen LogP) is 2.42. The van der Waals surface area contributed by atoms with E-state index in [1.807, 2.05) is 40.9 Å². The molecule has 0 spiro atoms. The summed E-state index contributed by atoms with van der Waals surface area (Å²) in [5.74, 6) is 2.11. The second-order valence-electron chi connectivity index (χ2n) is 3.50. The van der Waals surface area contributed by atoms with E-state index in [4.69, 9.17) is 11.6 Å². The van der Waals surface area contributed by atoms with Crippen molar-refractivity contribution >= 4 is 29.3 Å². The van der Waals surface area contributed by atoms with Crippen molar-refractivity contribution in [2.45, 2.75) is 6.42 Å². The van der Waals surface area contributed by atoms with Crippen molar-refractivity contribution < 1.29 is 4.79 Å². The lowest BCUT2D eigenvalue weighted by molar-refractivity contribution is -0.128. The number of hydrogen-bond acceptors (Lipinski definition) is 2. The first-order valence-electron chi connectivity index (χ1n) is 4.85. The monoisotopic (exact) mass is 241 g/mol. The van der Waals surface area contributed by atoms with Gasteiger partial charge >= 0.3 is 0 Å². The highest BCUT2D eigenvalue weighted by Gasteiger charge is 2.17. The number of nitrogens with zero attached hydrogens (tertiary/aromatic N) is 1. The van der Waals surface area contributed by atoms with Crippen molar-refractivity contribution in [1.82, 2.24) is 4.90 Å². The van der Waals surface area contributed by atoms with E-state index in [0.717, 1.165) is 23.7 Å². The number of benzene rings is 1. The molecule has 1 amide bonds. The van der Waals surface area contributed by atoms with E-state index in [1.54, 1.807) is 0 Å². The normalized spacial score (nSPS) is 15.7. The molecule has 4 heteroatoms. The molecule has 0 bridgehead atoms. The molecule has 1 heterocycles. The third-order valence-electron chi connectivity index (χ3n) is 2.37. The molecule has 0 atom stereocenters. The lowest BCUT2D eigenvalue weighted by Crippen LogP contribution is -2.29. The fraction of sp³-hybridized carbons (Fsp3) is 0.364. The summed E-state index contributed by atoms with van der Waals surface area (Å²) in [5, 5.41) is 0.711. The van der Waals surface area contributed by atoms with Crippen LogP contribution in [-0.2, 0) is 11.2 Å². The average molecular weight is 242 g/mol. The Morgan fingerprint density at radius 1 is 1.40 bits per heavy atom. The molecule has 1 aromatic carbocycles. The zero-order valence-electron chi connectivity index (χ0n) is 8.28. The number of thioether (sulfide) groups is 1. The maximum absolute atomic E-state index is 11.8. The number of carbonyl (C=O) groups is 1. The Morgan fingerprint density at radius 2 is 2.13 bits per heavy atom. The molecule has 0 N–H and O–H groups in total. The number of hydrogen-bond donors (Lipinski definition) is 0. The maximum Gasteiger partial charge on any atom is 0.227 e. The second kappa shape index (κ2) is 4.90. The summed E-state index contributed by atoms with van der Waals surface area (Å²) in [7, 11) is 0. The molecule has 0 radical (unpaired) electrons. The summed E-state index contributed by atoms with van der Waals surface area (Å²) in [4.78, 5) is 13.7. The van der Waals surface area contributed by atoms with Gasteiger partial charge in [0.15, 0.2) is 0 Å². The molecule has 1 fully saturated rings. The van der Waals surface area contributed by atoms with E-state index < -0.39 is 0 Å². The van der Waals surface area contributed by atoms with Gasteiger partial charge in [-0.1, -0.05) is 23.7 Å². The molecule has 1 aromatic rings. The standard InChI is InChI=1S/C11H12ClNOS/c12-10-3-1-9(2-4-10)7-11(14)13-5-6-15-8-13/h1-4H,5-8H2. The van der Waals surface area contributed by atoms with Gasteiger partial charge < -0.3 is 4.90 Å². The van der Waals surface area contributed by atoms with Crippen LogP contribution in [0.4, 0.5) is 0 Å². The molecular weight excluding hydrogens is 230 g/mol. The van der Waals surface area contributed by atoms with Gasteiger partial charge in [-0.15, -0.1) is 11.8 Å². The summed E-state index contributed by atoms with van der Waals surface area (Å²) in [6.07, 6.45) is 0.484. The largest absolute Gasteiger partial charge is 0.332 e. The summed E-state index contributed by atoms with van der Waals surface area (Å²) < 4.78 is 0. The van der Waals surface area contributed by atoms with E-state index in [0.29, 0.717) is 11.4 Å². The Labute approximate surface area is 98.6 Å². The summed E-state index contributed by atoms with van der Waals surface area (Å²) in [6, 6.07) is 7.46. The minimum absolute atomic E-state index is 0.210. The first-order chi connectivity index (χ1) is 7.25. The van der Waals surface area contributed by atoms with Crippen LogP contribution in [-0.4, -0.2) is 29.0 Å². The predicted molar refractivity (Wildman–Crippen MR) is 64.2 cm³/mol. The molecule has 80 valence electrons. The van der Waals surface area contributed by atoms with E-state index >= 15 is 0 Å². The molecule has 2 nitrogen and oxygen atoms in total. The third kappa shape index (κ3) is 2.89. The van der Waals surface area contributed by atoms with Crippen LogP contribution in [0.2, 0.25) is 5.02 Å². The Balaban J connectivity index is 1.96. The highest BCUT2D eigenvalue weighted by molar-refractivity contribution is 7.99. The van der Waals surface area contributed by atoms with Gasteiger partial charge in [-0.2, -0.15) is 0 Å². The Morgan fingerprint density at radius 3 is 2.73 bits per heavy atom. The maximum atomic E-state index is 11.8. The van der Waals surface area contributed by atoms with E-state index in [-0.39, 0.29) is 5.91 Å². The first-order valence-corrected chi connectivity index (χ1v) is 6.39.